The van der Waals surface area contributed by atoms with Crippen LogP contribution >= 0.6 is 11.3 Å². The Hall–Kier alpha value is -3.52. The van der Waals surface area contributed by atoms with Crippen LogP contribution in [0.1, 0.15) is 32.0 Å². The summed E-state index contributed by atoms with van der Waals surface area (Å²) in [7, 11) is 1.61. The highest BCUT2D eigenvalue weighted by atomic mass is 32.1. The Morgan fingerprint density at radius 3 is 2.30 bits per heavy atom. The lowest BCUT2D eigenvalue weighted by Crippen LogP contribution is -2.32. The number of carbonyl (C=O) groups is 3. The number of aryl methyl sites for hydroxylation is 1. The molecule has 2 aromatic carbocycles. The quantitative estimate of drug-likeness (QED) is 0.613. The molecule has 30 heavy (non-hydrogen) atoms. The van der Waals surface area contributed by atoms with Crippen molar-refractivity contribution in [1.29, 1.82) is 0 Å². The smallest absolute Gasteiger partial charge is 0.261 e. The van der Waals surface area contributed by atoms with Gasteiger partial charge in [0.15, 0.2) is 5.13 Å². The van der Waals surface area contributed by atoms with Crippen LogP contribution in [0.5, 0.6) is 5.75 Å². The van der Waals surface area contributed by atoms with Gasteiger partial charge in [0.2, 0.25) is 5.91 Å². The number of thiazole rings is 1. The van der Waals surface area contributed by atoms with E-state index in [1.54, 1.807) is 31.4 Å². The number of fused-ring (bicyclic) bond motifs is 1. The van der Waals surface area contributed by atoms with Gasteiger partial charge in [-0.05, 0) is 43.3 Å². The van der Waals surface area contributed by atoms with E-state index in [-0.39, 0.29) is 30.7 Å². The average Bonchev–Trinajstić information content (AvgIpc) is 3.24. The van der Waals surface area contributed by atoms with Crippen molar-refractivity contribution in [3.05, 3.63) is 64.5 Å². The summed E-state index contributed by atoms with van der Waals surface area (Å²) < 4.78 is 5.17. The second kappa shape index (κ2) is 8.08. The van der Waals surface area contributed by atoms with Crippen LogP contribution in [0.4, 0.5) is 5.13 Å². The molecule has 0 unspecified atom stereocenters. The van der Waals surface area contributed by atoms with Crippen molar-refractivity contribution in [2.75, 3.05) is 19.0 Å². The van der Waals surface area contributed by atoms with Gasteiger partial charge in [-0.3, -0.25) is 19.3 Å². The minimum absolute atomic E-state index is 0.00195. The van der Waals surface area contributed by atoms with Crippen LogP contribution in [-0.4, -0.2) is 41.3 Å². The van der Waals surface area contributed by atoms with Gasteiger partial charge in [-0.25, -0.2) is 4.98 Å². The molecule has 152 valence electrons. The van der Waals surface area contributed by atoms with E-state index >= 15 is 0 Å². The molecular weight excluding hydrogens is 402 g/mol. The molecule has 0 aliphatic carbocycles. The summed E-state index contributed by atoms with van der Waals surface area (Å²) in [6.07, 6.45) is 0.00195. The van der Waals surface area contributed by atoms with Crippen LogP contribution in [0.2, 0.25) is 0 Å². The molecule has 7 nitrogen and oxygen atoms in total. The third-order valence-electron chi connectivity index (χ3n) is 4.85. The molecule has 0 fully saturated rings. The number of rotatable bonds is 6. The van der Waals surface area contributed by atoms with Crippen molar-refractivity contribution in [3.63, 3.8) is 0 Å². The third-order valence-corrected chi connectivity index (χ3v) is 5.73. The standard InChI is InChI=1S/C22H19N3O4S/c1-13-19(14-7-9-15(29-2)10-8-14)24-22(30-13)23-18(26)11-12-25-20(27)16-5-3-4-6-17(16)21(25)28/h3-10H,11-12H2,1-2H3,(H,23,24,26). The van der Waals surface area contributed by atoms with Crippen molar-refractivity contribution in [2.24, 2.45) is 0 Å². The van der Waals surface area contributed by atoms with Crippen molar-refractivity contribution in [1.82, 2.24) is 9.88 Å². The van der Waals surface area contributed by atoms with Gasteiger partial charge >= 0.3 is 0 Å². The van der Waals surface area contributed by atoms with Gasteiger partial charge in [0.25, 0.3) is 11.8 Å². The molecule has 0 bridgehead atoms. The maximum atomic E-state index is 12.4. The number of imide groups is 1. The van der Waals surface area contributed by atoms with Crippen LogP contribution in [0.25, 0.3) is 11.3 Å². The fraction of sp³-hybridized carbons (Fsp3) is 0.182. The highest BCUT2D eigenvalue weighted by Gasteiger charge is 2.35. The molecular formula is C22H19N3O4S. The maximum absolute atomic E-state index is 12.4. The predicted octanol–water partition coefficient (Wildman–Crippen LogP) is 3.75. The van der Waals surface area contributed by atoms with E-state index in [2.05, 4.69) is 10.3 Å². The Balaban J connectivity index is 1.39. The van der Waals surface area contributed by atoms with Gasteiger partial charge in [0.1, 0.15) is 5.75 Å². The van der Waals surface area contributed by atoms with Crippen molar-refractivity contribution in [3.8, 4) is 17.0 Å². The summed E-state index contributed by atoms with van der Waals surface area (Å²) in [4.78, 5) is 43.7. The van der Waals surface area contributed by atoms with E-state index in [4.69, 9.17) is 4.74 Å². The number of nitrogens with zero attached hydrogens (tertiary/aromatic N) is 2. The van der Waals surface area contributed by atoms with E-state index in [9.17, 15) is 14.4 Å². The number of ether oxygens (including phenoxy) is 1. The van der Waals surface area contributed by atoms with E-state index in [0.717, 1.165) is 26.8 Å². The maximum Gasteiger partial charge on any atom is 0.261 e. The highest BCUT2D eigenvalue weighted by molar-refractivity contribution is 7.16. The first-order chi connectivity index (χ1) is 14.5. The Kier molecular flexibility index (Phi) is 5.33. The van der Waals surface area contributed by atoms with E-state index in [0.29, 0.717) is 16.3 Å². The van der Waals surface area contributed by atoms with E-state index < -0.39 is 0 Å². The Morgan fingerprint density at radius 1 is 1.07 bits per heavy atom. The van der Waals surface area contributed by atoms with Gasteiger partial charge in [-0.2, -0.15) is 0 Å². The zero-order valence-electron chi connectivity index (χ0n) is 16.5. The first-order valence-corrected chi connectivity index (χ1v) is 10.2. The second-order valence-corrected chi connectivity index (χ2v) is 7.96. The van der Waals surface area contributed by atoms with Crippen molar-refractivity contribution in [2.45, 2.75) is 13.3 Å². The SMILES string of the molecule is COc1ccc(-c2nc(NC(=O)CCN3C(=O)c4ccccc4C3=O)sc2C)cc1. The number of carbonyl (C=O) groups excluding carboxylic acids is 3. The fourth-order valence-corrected chi connectivity index (χ4v) is 4.16. The molecule has 1 N–H and O–H groups in total. The molecule has 0 saturated heterocycles. The zero-order chi connectivity index (χ0) is 21.3. The molecule has 3 aromatic rings. The first-order valence-electron chi connectivity index (χ1n) is 9.35. The lowest BCUT2D eigenvalue weighted by atomic mass is 10.1. The zero-order valence-corrected chi connectivity index (χ0v) is 17.3. The predicted molar refractivity (Wildman–Crippen MR) is 114 cm³/mol. The number of hydrogen-bond acceptors (Lipinski definition) is 6. The number of aromatic nitrogens is 1. The number of anilines is 1. The van der Waals surface area contributed by atoms with Crippen LogP contribution in [0.3, 0.4) is 0 Å². The molecule has 8 heteroatoms. The van der Waals surface area contributed by atoms with Gasteiger partial charge in [0.05, 0.1) is 23.9 Å². The summed E-state index contributed by atoms with van der Waals surface area (Å²) in [6.45, 7) is 1.96. The number of methoxy groups -OCH3 is 1. The Labute approximate surface area is 177 Å². The van der Waals surface area contributed by atoms with E-state index in [1.165, 1.54) is 11.3 Å². The molecule has 2 heterocycles. The average molecular weight is 421 g/mol. The summed E-state index contributed by atoms with van der Waals surface area (Å²) in [5, 5.41) is 3.24. The summed E-state index contributed by atoms with van der Waals surface area (Å²) in [5.41, 5.74) is 2.47. The molecule has 4 rings (SSSR count). The molecule has 0 spiro atoms. The first kappa shape index (κ1) is 19.8. The Morgan fingerprint density at radius 2 is 1.70 bits per heavy atom. The minimum atomic E-state index is -0.365. The third kappa shape index (κ3) is 3.69. The lowest BCUT2D eigenvalue weighted by molar-refractivity contribution is -0.116. The number of nitrogens with one attached hydrogen (secondary N) is 1. The van der Waals surface area contributed by atoms with Crippen LogP contribution in [0, 0.1) is 6.92 Å². The normalized spacial score (nSPS) is 12.8. The molecule has 1 aliphatic rings. The topological polar surface area (TPSA) is 88.6 Å². The molecule has 1 aromatic heterocycles. The summed E-state index contributed by atoms with van der Waals surface area (Å²) in [6, 6.07) is 14.2. The van der Waals surface area contributed by atoms with Gasteiger partial charge in [0, 0.05) is 23.4 Å². The number of benzene rings is 2. The lowest BCUT2D eigenvalue weighted by Gasteiger charge is -2.12. The monoisotopic (exact) mass is 421 g/mol. The minimum Gasteiger partial charge on any atom is -0.497 e. The molecule has 0 saturated carbocycles. The number of hydrogen-bond donors (Lipinski definition) is 1. The van der Waals surface area contributed by atoms with Crippen molar-refractivity contribution < 1.29 is 19.1 Å². The molecule has 0 atom stereocenters. The second-order valence-electron chi connectivity index (χ2n) is 6.76. The highest BCUT2D eigenvalue weighted by Crippen LogP contribution is 2.31. The van der Waals surface area contributed by atoms with Crippen LogP contribution < -0.4 is 10.1 Å². The number of amides is 3. The largest absolute Gasteiger partial charge is 0.497 e. The molecule has 1 aliphatic heterocycles. The Bertz CT molecular complexity index is 1100. The van der Waals surface area contributed by atoms with E-state index in [1.807, 2.05) is 31.2 Å². The summed E-state index contributed by atoms with van der Waals surface area (Å²) >= 11 is 1.37. The van der Waals surface area contributed by atoms with Crippen LogP contribution in [0.15, 0.2) is 48.5 Å². The van der Waals surface area contributed by atoms with Crippen molar-refractivity contribution >= 4 is 34.2 Å². The van der Waals surface area contributed by atoms with Gasteiger partial charge in [-0.15, -0.1) is 11.3 Å². The molecule has 3 amide bonds. The van der Waals surface area contributed by atoms with Gasteiger partial charge in [-0.1, -0.05) is 12.1 Å². The van der Waals surface area contributed by atoms with Gasteiger partial charge < -0.3 is 10.1 Å². The molecule has 0 radical (unpaired) electrons. The van der Waals surface area contributed by atoms with Crippen LogP contribution in [-0.2, 0) is 4.79 Å². The summed E-state index contributed by atoms with van der Waals surface area (Å²) in [5.74, 6) is -0.277. The fourth-order valence-electron chi connectivity index (χ4n) is 3.30.